The van der Waals surface area contributed by atoms with Crippen molar-refractivity contribution in [3.63, 3.8) is 0 Å². The maximum Gasteiger partial charge on any atom is 0.0537 e. The van der Waals surface area contributed by atoms with Crippen LogP contribution in [0.4, 0.5) is 0 Å². The number of aryl methyl sites for hydroxylation is 1. The largest absolute Gasteiger partial charge is 0.309 e. The van der Waals surface area contributed by atoms with Crippen LogP contribution in [0.15, 0.2) is 12.4 Å². The Morgan fingerprint density at radius 2 is 2.25 bits per heavy atom. The number of rotatable bonds is 6. The van der Waals surface area contributed by atoms with E-state index in [-0.39, 0.29) is 4.75 Å². The molecule has 1 aromatic heterocycles. The van der Waals surface area contributed by atoms with Crippen LogP contribution >= 0.6 is 11.8 Å². The van der Waals surface area contributed by atoms with E-state index in [1.165, 1.54) is 5.56 Å². The van der Waals surface area contributed by atoms with Gasteiger partial charge >= 0.3 is 0 Å². The molecule has 0 fully saturated rings. The van der Waals surface area contributed by atoms with Crippen molar-refractivity contribution in [2.24, 2.45) is 0 Å². The number of hydrogen-bond donors (Lipinski definition) is 1. The van der Waals surface area contributed by atoms with E-state index in [0.717, 1.165) is 13.1 Å². The molecule has 0 saturated heterocycles. The normalized spacial score (nSPS) is 14.1. The van der Waals surface area contributed by atoms with Crippen molar-refractivity contribution in [3.8, 4) is 0 Å². The molecular weight excluding hydrogens is 218 g/mol. The van der Waals surface area contributed by atoms with Gasteiger partial charge in [0.05, 0.1) is 6.20 Å². The Labute approximate surface area is 103 Å². The van der Waals surface area contributed by atoms with E-state index in [1.54, 1.807) is 0 Å². The van der Waals surface area contributed by atoms with Crippen LogP contribution in [-0.4, -0.2) is 27.3 Å². The van der Waals surface area contributed by atoms with Crippen molar-refractivity contribution in [3.05, 3.63) is 18.0 Å². The molecule has 0 spiro atoms. The first kappa shape index (κ1) is 13.6. The maximum absolute atomic E-state index is 4.29. The Kier molecular flexibility index (Phi) is 4.87. The summed E-state index contributed by atoms with van der Waals surface area (Å²) in [5.41, 5.74) is 1.26. The first-order valence-electron chi connectivity index (χ1n) is 5.79. The van der Waals surface area contributed by atoms with Crippen molar-refractivity contribution in [1.82, 2.24) is 15.1 Å². The van der Waals surface area contributed by atoms with Crippen LogP contribution < -0.4 is 5.32 Å². The fraction of sp³-hybridized carbons (Fsp3) is 0.750. The van der Waals surface area contributed by atoms with Crippen molar-refractivity contribution < 1.29 is 0 Å². The van der Waals surface area contributed by atoms with Crippen LogP contribution in [0.3, 0.4) is 0 Å². The number of thioether (sulfide) groups is 1. The highest BCUT2D eigenvalue weighted by molar-refractivity contribution is 7.99. The molecule has 4 heteroatoms. The second kappa shape index (κ2) is 5.73. The van der Waals surface area contributed by atoms with Crippen LogP contribution in [-0.2, 0) is 6.54 Å². The van der Waals surface area contributed by atoms with Gasteiger partial charge < -0.3 is 5.32 Å². The molecule has 0 aliphatic carbocycles. The number of nitrogens with one attached hydrogen (secondary N) is 1. The van der Waals surface area contributed by atoms with E-state index < -0.39 is 0 Å². The summed E-state index contributed by atoms with van der Waals surface area (Å²) in [6.07, 6.45) is 6.22. The molecule has 1 N–H and O–H groups in total. The second-order valence-corrected chi connectivity index (χ2v) is 6.21. The average molecular weight is 241 g/mol. The van der Waals surface area contributed by atoms with E-state index in [9.17, 15) is 0 Å². The standard InChI is InChI=1S/C12H23N3S/c1-6-15-8-11(7-14-15)10(2)13-9-12(3,4)16-5/h7-8,10,13H,6,9H2,1-5H3. The first-order chi connectivity index (χ1) is 7.48. The molecule has 1 aromatic rings. The number of hydrogen-bond acceptors (Lipinski definition) is 3. The monoisotopic (exact) mass is 241 g/mol. The summed E-state index contributed by atoms with van der Waals surface area (Å²) >= 11 is 1.89. The average Bonchev–Trinajstić information content (AvgIpc) is 2.74. The Morgan fingerprint density at radius 3 is 2.75 bits per heavy atom. The molecule has 0 aromatic carbocycles. The van der Waals surface area contributed by atoms with Gasteiger partial charge in [0, 0.05) is 35.6 Å². The van der Waals surface area contributed by atoms with Crippen molar-refractivity contribution in [2.75, 3.05) is 12.8 Å². The zero-order valence-electron chi connectivity index (χ0n) is 10.9. The molecular formula is C12H23N3S. The van der Waals surface area contributed by atoms with Crippen LogP contribution in [0.25, 0.3) is 0 Å². The molecule has 1 rings (SSSR count). The van der Waals surface area contributed by atoms with E-state index in [4.69, 9.17) is 0 Å². The highest BCUT2D eigenvalue weighted by Gasteiger charge is 2.17. The van der Waals surface area contributed by atoms with Gasteiger partial charge in [-0.25, -0.2) is 0 Å². The summed E-state index contributed by atoms with van der Waals surface area (Å²) in [6.45, 7) is 10.7. The molecule has 1 atom stereocenters. The van der Waals surface area contributed by atoms with Gasteiger partial charge in [0.2, 0.25) is 0 Å². The van der Waals surface area contributed by atoms with Crippen molar-refractivity contribution in [1.29, 1.82) is 0 Å². The lowest BCUT2D eigenvalue weighted by molar-refractivity contribution is 0.522. The predicted molar refractivity (Wildman–Crippen MR) is 71.9 cm³/mol. The first-order valence-corrected chi connectivity index (χ1v) is 7.02. The summed E-state index contributed by atoms with van der Waals surface area (Å²) in [6, 6.07) is 0.367. The van der Waals surface area contributed by atoms with Crippen molar-refractivity contribution >= 4 is 11.8 Å². The van der Waals surface area contributed by atoms with Crippen molar-refractivity contribution in [2.45, 2.75) is 45.0 Å². The fourth-order valence-corrected chi connectivity index (χ4v) is 1.59. The van der Waals surface area contributed by atoms with E-state index >= 15 is 0 Å². The SMILES string of the molecule is CCn1cc(C(C)NCC(C)(C)SC)cn1. The van der Waals surface area contributed by atoms with Gasteiger partial charge in [0.25, 0.3) is 0 Å². The van der Waals surface area contributed by atoms with E-state index in [0.29, 0.717) is 6.04 Å². The quantitative estimate of drug-likeness (QED) is 0.830. The lowest BCUT2D eigenvalue weighted by atomic mass is 10.1. The maximum atomic E-state index is 4.29. The second-order valence-electron chi connectivity index (χ2n) is 4.70. The Hall–Kier alpha value is -0.480. The third-order valence-corrected chi connectivity index (χ3v) is 4.11. The van der Waals surface area contributed by atoms with Crippen LogP contribution in [0.1, 0.15) is 39.3 Å². The van der Waals surface area contributed by atoms with Gasteiger partial charge in [-0.3, -0.25) is 4.68 Å². The van der Waals surface area contributed by atoms with Gasteiger partial charge in [-0.05, 0) is 34.0 Å². The van der Waals surface area contributed by atoms with Gasteiger partial charge in [-0.2, -0.15) is 16.9 Å². The van der Waals surface area contributed by atoms with Gasteiger partial charge in [-0.15, -0.1) is 0 Å². The highest BCUT2D eigenvalue weighted by atomic mass is 32.2. The summed E-state index contributed by atoms with van der Waals surface area (Å²) in [7, 11) is 0. The number of aromatic nitrogens is 2. The third-order valence-electron chi connectivity index (χ3n) is 2.86. The molecule has 1 unspecified atom stereocenters. The summed E-state index contributed by atoms with van der Waals surface area (Å²) < 4.78 is 2.25. The molecule has 0 radical (unpaired) electrons. The van der Waals surface area contributed by atoms with Gasteiger partial charge in [0.1, 0.15) is 0 Å². The molecule has 0 amide bonds. The predicted octanol–water partition coefficient (Wildman–Crippen LogP) is 2.70. The summed E-state index contributed by atoms with van der Waals surface area (Å²) in [5.74, 6) is 0. The van der Waals surface area contributed by atoms with E-state index in [1.807, 2.05) is 22.6 Å². The smallest absolute Gasteiger partial charge is 0.0537 e. The minimum atomic E-state index is 0.287. The molecule has 0 aliphatic rings. The lowest BCUT2D eigenvalue weighted by Crippen LogP contribution is -2.33. The number of nitrogens with zero attached hydrogens (tertiary/aromatic N) is 2. The zero-order valence-corrected chi connectivity index (χ0v) is 11.8. The molecule has 0 bridgehead atoms. The molecule has 16 heavy (non-hydrogen) atoms. The Morgan fingerprint density at radius 1 is 1.56 bits per heavy atom. The Bertz CT molecular complexity index is 320. The lowest BCUT2D eigenvalue weighted by Gasteiger charge is -2.24. The minimum Gasteiger partial charge on any atom is -0.309 e. The Balaban J connectivity index is 2.49. The fourth-order valence-electron chi connectivity index (χ4n) is 1.37. The highest BCUT2D eigenvalue weighted by Crippen LogP contribution is 2.21. The molecule has 0 saturated carbocycles. The molecule has 92 valence electrons. The summed E-state index contributed by atoms with van der Waals surface area (Å²) in [4.78, 5) is 0. The van der Waals surface area contributed by atoms with Gasteiger partial charge in [-0.1, -0.05) is 0 Å². The third kappa shape index (κ3) is 3.83. The molecule has 0 aliphatic heterocycles. The van der Waals surface area contributed by atoms with Crippen LogP contribution in [0.5, 0.6) is 0 Å². The topological polar surface area (TPSA) is 29.9 Å². The van der Waals surface area contributed by atoms with Crippen LogP contribution in [0, 0.1) is 0 Å². The molecule has 3 nitrogen and oxygen atoms in total. The molecule has 1 heterocycles. The zero-order chi connectivity index (χ0) is 12.2. The minimum absolute atomic E-state index is 0.287. The van der Waals surface area contributed by atoms with Crippen LogP contribution in [0.2, 0.25) is 0 Å². The van der Waals surface area contributed by atoms with Gasteiger partial charge in [0.15, 0.2) is 0 Å². The summed E-state index contributed by atoms with van der Waals surface area (Å²) in [5, 5.41) is 7.85. The van der Waals surface area contributed by atoms with E-state index in [2.05, 4.69) is 50.6 Å².